The Bertz CT molecular complexity index is 1200. The molecular weight excluding hydrogens is 384 g/mol. The summed E-state index contributed by atoms with van der Waals surface area (Å²) in [5.74, 6) is 1.40. The van der Waals surface area contributed by atoms with Gasteiger partial charge < -0.3 is 19.2 Å². The Kier molecular flexibility index (Phi) is 5.14. The second-order valence-electron chi connectivity index (χ2n) is 6.97. The molecule has 0 radical (unpaired) electrons. The number of amides is 1. The van der Waals surface area contributed by atoms with Gasteiger partial charge in [0.25, 0.3) is 5.91 Å². The van der Waals surface area contributed by atoms with E-state index in [1.807, 2.05) is 13.8 Å². The predicted octanol–water partition coefficient (Wildman–Crippen LogP) is 4.54. The maximum atomic E-state index is 13.3. The van der Waals surface area contributed by atoms with E-state index in [1.54, 1.807) is 60.6 Å². The number of nitrogens with zero attached hydrogens (tertiary/aromatic N) is 3. The van der Waals surface area contributed by atoms with Crippen LogP contribution in [-0.2, 0) is 0 Å². The molecule has 0 unspecified atom stereocenters. The summed E-state index contributed by atoms with van der Waals surface area (Å²) in [4.78, 5) is 17.9. The molecule has 30 heavy (non-hydrogen) atoms. The van der Waals surface area contributed by atoms with Crippen LogP contribution in [0.25, 0.3) is 22.5 Å². The molecule has 0 spiro atoms. The number of carbonyl (C=O) groups excluding carboxylic acids is 1. The summed E-state index contributed by atoms with van der Waals surface area (Å²) in [5.41, 5.74) is 2.15. The predicted molar refractivity (Wildman–Crippen MR) is 113 cm³/mol. The van der Waals surface area contributed by atoms with E-state index in [-0.39, 0.29) is 11.9 Å². The molecule has 4 rings (SSSR count). The fraction of sp³-hybridized carbons (Fsp3) is 0.227. The summed E-state index contributed by atoms with van der Waals surface area (Å²) >= 11 is 0. The molecule has 0 atom stereocenters. The van der Waals surface area contributed by atoms with Gasteiger partial charge in [0.2, 0.25) is 0 Å². The van der Waals surface area contributed by atoms with Gasteiger partial charge in [-0.05, 0) is 44.2 Å². The number of aromatic nitrogens is 3. The molecule has 3 heterocycles. The summed E-state index contributed by atoms with van der Waals surface area (Å²) in [6.45, 7) is 4.02. The number of carbonyl (C=O) groups is 1. The number of methoxy groups -OCH3 is 2. The molecule has 0 saturated heterocycles. The van der Waals surface area contributed by atoms with Crippen LogP contribution < -0.4 is 14.8 Å². The summed E-state index contributed by atoms with van der Waals surface area (Å²) in [6.07, 6.45) is 3.23. The zero-order valence-electron chi connectivity index (χ0n) is 17.2. The zero-order valence-corrected chi connectivity index (χ0v) is 17.2. The zero-order chi connectivity index (χ0) is 21.3. The minimum atomic E-state index is -0.304. The van der Waals surface area contributed by atoms with Crippen molar-refractivity contribution in [3.8, 4) is 23.0 Å². The molecule has 0 aliphatic rings. The first-order chi connectivity index (χ1) is 14.5. The van der Waals surface area contributed by atoms with Gasteiger partial charge in [0.05, 0.1) is 43.3 Å². The fourth-order valence-electron chi connectivity index (χ4n) is 3.23. The molecular formula is C22H22N4O4. The molecule has 0 saturated carbocycles. The van der Waals surface area contributed by atoms with Crippen molar-refractivity contribution in [1.29, 1.82) is 0 Å². The summed E-state index contributed by atoms with van der Waals surface area (Å²) in [7, 11) is 3.11. The quantitative estimate of drug-likeness (QED) is 0.505. The maximum Gasteiger partial charge on any atom is 0.256 e. The van der Waals surface area contributed by atoms with Gasteiger partial charge in [-0.25, -0.2) is 9.67 Å². The second-order valence-corrected chi connectivity index (χ2v) is 6.97. The van der Waals surface area contributed by atoms with E-state index in [0.717, 1.165) is 0 Å². The van der Waals surface area contributed by atoms with E-state index in [1.165, 1.54) is 7.11 Å². The number of pyridine rings is 1. The van der Waals surface area contributed by atoms with Gasteiger partial charge in [-0.2, -0.15) is 5.10 Å². The van der Waals surface area contributed by atoms with Crippen molar-refractivity contribution >= 4 is 22.6 Å². The highest BCUT2D eigenvalue weighted by Gasteiger charge is 2.20. The number of nitrogens with one attached hydrogen (secondary N) is 1. The van der Waals surface area contributed by atoms with E-state index in [2.05, 4.69) is 10.4 Å². The van der Waals surface area contributed by atoms with Crippen LogP contribution in [0.3, 0.4) is 0 Å². The first kappa shape index (κ1) is 19.5. The van der Waals surface area contributed by atoms with Gasteiger partial charge in [-0.15, -0.1) is 0 Å². The van der Waals surface area contributed by atoms with Crippen molar-refractivity contribution in [3.05, 3.63) is 54.4 Å². The van der Waals surface area contributed by atoms with Crippen LogP contribution in [0.1, 0.15) is 30.2 Å². The lowest BCUT2D eigenvalue weighted by atomic mass is 10.1. The lowest BCUT2D eigenvalue weighted by molar-refractivity contribution is 0.102. The molecule has 1 aromatic carbocycles. The Morgan fingerprint density at radius 3 is 2.67 bits per heavy atom. The van der Waals surface area contributed by atoms with Gasteiger partial charge in [0.15, 0.2) is 11.4 Å². The first-order valence-electron chi connectivity index (χ1n) is 9.47. The first-order valence-corrected chi connectivity index (χ1v) is 9.47. The molecule has 4 aromatic rings. The van der Waals surface area contributed by atoms with Crippen LogP contribution in [0.2, 0.25) is 0 Å². The van der Waals surface area contributed by atoms with Crippen molar-refractivity contribution in [2.75, 3.05) is 19.5 Å². The normalized spacial score (nSPS) is 11.1. The average molecular weight is 406 g/mol. The van der Waals surface area contributed by atoms with E-state index in [4.69, 9.17) is 18.9 Å². The van der Waals surface area contributed by atoms with Crippen LogP contribution >= 0.6 is 0 Å². The second kappa shape index (κ2) is 7.90. The number of hydrogen-bond acceptors (Lipinski definition) is 6. The van der Waals surface area contributed by atoms with Crippen LogP contribution in [0, 0.1) is 0 Å². The molecule has 154 valence electrons. The molecule has 3 aromatic heterocycles. The topological polar surface area (TPSA) is 91.4 Å². The number of hydrogen-bond donors (Lipinski definition) is 1. The number of furan rings is 1. The molecule has 0 bridgehead atoms. The molecule has 0 fully saturated rings. The minimum Gasteiger partial charge on any atom is -0.497 e. The largest absolute Gasteiger partial charge is 0.497 e. The molecule has 1 amide bonds. The molecule has 0 aliphatic carbocycles. The lowest BCUT2D eigenvalue weighted by Crippen LogP contribution is -2.14. The van der Waals surface area contributed by atoms with Gasteiger partial charge in [0, 0.05) is 12.1 Å². The molecule has 0 aliphatic heterocycles. The minimum absolute atomic E-state index is 0.0828. The molecule has 8 nitrogen and oxygen atoms in total. The lowest BCUT2D eigenvalue weighted by Gasteiger charge is -2.13. The SMILES string of the molecule is COc1ccc(NC(=O)c2cc(-c3ccco3)nc3c2cnn3C(C)C)c(OC)c1. The third kappa shape index (κ3) is 3.47. The monoisotopic (exact) mass is 406 g/mol. The average Bonchev–Trinajstić information content (AvgIpc) is 3.43. The Hall–Kier alpha value is -3.81. The standard InChI is InChI=1S/C22H22N4O4/c1-13(2)26-21-16(12-23-26)15(11-18(24-21)19-6-5-9-30-19)22(27)25-17-8-7-14(28-3)10-20(17)29-4/h5-13H,1-4H3,(H,25,27). The van der Waals surface area contributed by atoms with Crippen LogP contribution in [0.5, 0.6) is 11.5 Å². The van der Waals surface area contributed by atoms with Gasteiger partial charge in [-0.3, -0.25) is 4.79 Å². The van der Waals surface area contributed by atoms with Crippen molar-refractivity contribution in [3.63, 3.8) is 0 Å². The highest BCUT2D eigenvalue weighted by Crippen LogP contribution is 2.31. The van der Waals surface area contributed by atoms with Crippen molar-refractivity contribution in [2.45, 2.75) is 19.9 Å². The summed E-state index contributed by atoms with van der Waals surface area (Å²) < 4.78 is 17.9. The summed E-state index contributed by atoms with van der Waals surface area (Å²) in [5, 5.41) is 8.00. The molecule has 8 heteroatoms. The number of rotatable bonds is 6. The highest BCUT2D eigenvalue weighted by atomic mass is 16.5. The van der Waals surface area contributed by atoms with E-state index in [0.29, 0.717) is 45.2 Å². The van der Waals surface area contributed by atoms with Gasteiger partial charge in [0.1, 0.15) is 17.2 Å². The van der Waals surface area contributed by atoms with E-state index < -0.39 is 0 Å². The third-order valence-electron chi connectivity index (χ3n) is 4.73. The van der Waals surface area contributed by atoms with Gasteiger partial charge >= 0.3 is 0 Å². The number of fused-ring (bicyclic) bond motifs is 1. The summed E-state index contributed by atoms with van der Waals surface area (Å²) in [6, 6.07) is 10.6. The van der Waals surface area contributed by atoms with Gasteiger partial charge in [-0.1, -0.05) is 0 Å². The van der Waals surface area contributed by atoms with Crippen LogP contribution in [0.15, 0.2) is 53.3 Å². The Morgan fingerprint density at radius 1 is 1.17 bits per heavy atom. The molecule has 1 N–H and O–H groups in total. The number of anilines is 1. The Labute approximate surface area is 173 Å². The van der Waals surface area contributed by atoms with Crippen molar-refractivity contribution in [1.82, 2.24) is 14.8 Å². The highest BCUT2D eigenvalue weighted by molar-refractivity contribution is 6.13. The fourth-order valence-corrected chi connectivity index (χ4v) is 3.23. The third-order valence-corrected chi connectivity index (χ3v) is 4.73. The maximum absolute atomic E-state index is 13.3. The number of benzene rings is 1. The van der Waals surface area contributed by atoms with E-state index >= 15 is 0 Å². The van der Waals surface area contributed by atoms with Crippen LogP contribution in [-0.4, -0.2) is 34.9 Å². The van der Waals surface area contributed by atoms with Crippen LogP contribution in [0.4, 0.5) is 5.69 Å². The smallest absolute Gasteiger partial charge is 0.256 e. The Balaban J connectivity index is 1.80. The number of ether oxygens (including phenoxy) is 2. The van der Waals surface area contributed by atoms with Crippen molar-refractivity contribution < 1.29 is 18.7 Å². The van der Waals surface area contributed by atoms with Crippen molar-refractivity contribution in [2.24, 2.45) is 0 Å². The Morgan fingerprint density at radius 2 is 2.00 bits per heavy atom. The van der Waals surface area contributed by atoms with E-state index in [9.17, 15) is 4.79 Å².